The van der Waals surface area contributed by atoms with Crippen LogP contribution in [-0.4, -0.2) is 45.2 Å². The number of hydrogen-bond acceptors (Lipinski definition) is 5. The van der Waals surface area contributed by atoms with E-state index in [2.05, 4.69) is 19.7 Å². The Morgan fingerprint density at radius 3 is 2.60 bits per heavy atom. The number of amides is 1. The fourth-order valence-corrected chi connectivity index (χ4v) is 3.79. The van der Waals surface area contributed by atoms with Gasteiger partial charge in [0.1, 0.15) is 5.75 Å². The molecule has 0 bridgehead atoms. The third kappa shape index (κ3) is 3.95. The van der Waals surface area contributed by atoms with Crippen LogP contribution >= 0.6 is 0 Å². The van der Waals surface area contributed by atoms with Crippen LogP contribution in [0.2, 0.25) is 0 Å². The number of piperidine rings is 1. The van der Waals surface area contributed by atoms with Gasteiger partial charge in [-0.15, -0.1) is 13.2 Å². The van der Waals surface area contributed by atoms with E-state index in [-0.39, 0.29) is 28.8 Å². The summed E-state index contributed by atoms with van der Waals surface area (Å²) in [6.07, 6.45) is -1.88. The number of pyridine rings is 1. The largest absolute Gasteiger partial charge is 0.573 e. The van der Waals surface area contributed by atoms with Crippen molar-refractivity contribution in [2.75, 3.05) is 18.8 Å². The fraction of sp³-hybridized carbons (Fsp3) is 0.316. The number of H-pyrrole nitrogens is 2. The molecule has 2 aromatic heterocycles. The first kappa shape index (κ1) is 19.8. The summed E-state index contributed by atoms with van der Waals surface area (Å²) in [6.45, 7) is 0.893. The Labute approximate surface area is 167 Å². The molecule has 0 aliphatic carbocycles. The second-order valence-electron chi connectivity index (χ2n) is 7.07. The Morgan fingerprint density at radius 1 is 1.20 bits per heavy atom. The standard InChI is InChI=1S/C19H18F3N5O3/c20-19(21,22)30-11-1-2-13(14(23)9-11)17(28)27-7-4-10(5-8-27)12-3-6-24-16-15(12)25-18(29)26-16/h1-3,6,9-10H,4-5,7-8,23H2,(H2,24,25,26,29). The number of ether oxygens (including phenoxy) is 1. The number of imidazole rings is 1. The number of likely N-dealkylation sites (tertiary alicyclic amines) is 1. The number of hydrogen-bond donors (Lipinski definition) is 3. The van der Waals surface area contributed by atoms with Crippen LogP contribution in [-0.2, 0) is 0 Å². The van der Waals surface area contributed by atoms with Gasteiger partial charge in [0.2, 0.25) is 0 Å². The van der Waals surface area contributed by atoms with Gasteiger partial charge in [-0.3, -0.25) is 9.78 Å². The molecule has 11 heteroatoms. The third-order valence-electron chi connectivity index (χ3n) is 5.16. The van der Waals surface area contributed by atoms with Gasteiger partial charge >= 0.3 is 12.1 Å². The minimum atomic E-state index is -4.83. The van der Waals surface area contributed by atoms with E-state index < -0.39 is 12.1 Å². The van der Waals surface area contributed by atoms with Crippen molar-refractivity contribution in [2.45, 2.75) is 25.1 Å². The molecule has 4 N–H and O–H groups in total. The summed E-state index contributed by atoms with van der Waals surface area (Å²) in [5.41, 5.74) is 7.63. The molecular weight excluding hydrogens is 403 g/mol. The molecule has 0 radical (unpaired) electrons. The zero-order valence-electron chi connectivity index (χ0n) is 15.6. The quantitative estimate of drug-likeness (QED) is 0.562. The number of nitrogens with zero attached hydrogens (tertiary/aromatic N) is 2. The van der Waals surface area contributed by atoms with Crippen molar-refractivity contribution < 1.29 is 22.7 Å². The highest BCUT2D eigenvalue weighted by Crippen LogP contribution is 2.32. The number of rotatable bonds is 3. The maximum absolute atomic E-state index is 12.8. The first-order chi connectivity index (χ1) is 14.2. The maximum atomic E-state index is 12.8. The highest BCUT2D eigenvalue weighted by molar-refractivity contribution is 5.99. The molecule has 1 amide bonds. The summed E-state index contributed by atoms with van der Waals surface area (Å²) < 4.78 is 40.8. The average Bonchev–Trinajstić information content (AvgIpc) is 3.06. The van der Waals surface area contributed by atoms with Crippen molar-refractivity contribution in [3.8, 4) is 5.75 Å². The molecule has 0 spiro atoms. The van der Waals surface area contributed by atoms with Crippen molar-refractivity contribution in [3.05, 3.63) is 52.1 Å². The van der Waals surface area contributed by atoms with Gasteiger partial charge in [-0.2, -0.15) is 0 Å². The van der Waals surface area contributed by atoms with Crippen molar-refractivity contribution in [3.63, 3.8) is 0 Å². The van der Waals surface area contributed by atoms with E-state index in [0.29, 0.717) is 37.1 Å². The second-order valence-corrected chi connectivity index (χ2v) is 7.07. The van der Waals surface area contributed by atoms with Gasteiger partial charge in [0.05, 0.1) is 11.1 Å². The van der Waals surface area contributed by atoms with Crippen LogP contribution in [0.5, 0.6) is 5.75 Å². The van der Waals surface area contributed by atoms with Crippen LogP contribution in [0.25, 0.3) is 11.2 Å². The van der Waals surface area contributed by atoms with Gasteiger partial charge in [0, 0.05) is 31.0 Å². The molecule has 1 aliphatic heterocycles. The van der Waals surface area contributed by atoms with E-state index >= 15 is 0 Å². The first-order valence-electron chi connectivity index (χ1n) is 9.23. The Hall–Kier alpha value is -3.50. The molecule has 30 heavy (non-hydrogen) atoms. The molecule has 3 heterocycles. The van der Waals surface area contributed by atoms with E-state index in [1.54, 1.807) is 11.1 Å². The molecular formula is C19H18F3N5O3. The molecule has 1 saturated heterocycles. The molecule has 8 nitrogen and oxygen atoms in total. The molecule has 1 aromatic carbocycles. The third-order valence-corrected chi connectivity index (χ3v) is 5.16. The number of nitrogen functional groups attached to an aromatic ring is 1. The number of aromatic nitrogens is 3. The smallest absolute Gasteiger partial charge is 0.406 e. The zero-order chi connectivity index (χ0) is 21.5. The van der Waals surface area contributed by atoms with Gasteiger partial charge in [-0.05, 0) is 42.5 Å². The number of aromatic amines is 2. The summed E-state index contributed by atoms with van der Waals surface area (Å²) in [7, 11) is 0. The molecule has 1 fully saturated rings. The lowest BCUT2D eigenvalue weighted by Crippen LogP contribution is -2.38. The molecule has 3 aromatic rings. The summed E-state index contributed by atoms with van der Waals surface area (Å²) in [6, 6.07) is 5.15. The van der Waals surface area contributed by atoms with Crippen molar-refractivity contribution in [2.24, 2.45) is 0 Å². The van der Waals surface area contributed by atoms with Crippen molar-refractivity contribution in [1.82, 2.24) is 19.9 Å². The molecule has 0 unspecified atom stereocenters. The van der Waals surface area contributed by atoms with Crippen LogP contribution < -0.4 is 16.2 Å². The lowest BCUT2D eigenvalue weighted by atomic mass is 9.89. The lowest BCUT2D eigenvalue weighted by Gasteiger charge is -2.32. The van der Waals surface area contributed by atoms with Gasteiger partial charge in [0.25, 0.3) is 5.91 Å². The molecule has 1 aliphatic rings. The number of halogens is 3. The monoisotopic (exact) mass is 421 g/mol. The zero-order valence-corrected chi connectivity index (χ0v) is 15.6. The summed E-state index contributed by atoms with van der Waals surface area (Å²) in [5, 5.41) is 0. The van der Waals surface area contributed by atoms with E-state index in [1.807, 2.05) is 6.07 Å². The van der Waals surface area contributed by atoms with Crippen molar-refractivity contribution >= 4 is 22.8 Å². The Balaban J connectivity index is 1.46. The average molecular weight is 421 g/mol. The SMILES string of the molecule is Nc1cc(OC(F)(F)F)ccc1C(=O)N1CCC(c2ccnc3[nH]c(=O)[nH]c23)CC1. The molecule has 0 saturated carbocycles. The first-order valence-corrected chi connectivity index (χ1v) is 9.23. The van der Waals surface area contributed by atoms with Gasteiger partial charge < -0.3 is 20.4 Å². The van der Waals surface area contributed by atoms with Crippen LogP contribution in [0.15, 0.2) is 35.3 Å². The van der Waals surface area contributed by atoms with Gasteiger partial charge in [-0.1, -0.05) is 0 Å². The Kier molecular flexibility index (Phi) is 4.88. The summed E-state index contributed by atoms with van der Waals surface area (Å²) >= 11 is 0. The highest BCUT2D eigenvalue weighted by atomic mass is 19.4. The number of fused-ring (bicyclic) bond motifs is 1. The van der Waals surface area contributed by atoms with Crippen molar-refractivity contribution in [1.29, 1.82) is 0 Å². The van der Waals surface area contributed by atoms with Gasteiger partial charge in [-0.25, -0.2) is 9.78 Å². The predicted octanol–water partition coefficient (Wildman–Crippen LogP) is 2.75. The van der Waals surface area contributed by atoms with E-state index in [4.69, 9.17) is 5.73 Å². The minimum absolute atomic E-state index is 0.0791. The Morgan fingerprint density at radius 2 is 1.93 bits per heavy atom. The minimum Gasteiger partial charge on any atom is -0.406 e. The van der Waals surface area contributed by atoms with E-state index in [1.165, 1.54) is 6.07 Å². The number of benzene rings is 1. The number of anilines is 1. The van der Waals surface area contributed by atoms with Crippen LogP contribution in [0.3, 0.4) is 0 Å². The fourth-order valence-electron chi connectivity index (χ4n) is 3.79. The van der Waals surface area contributed by atoms with Crippen LogP contribution in [0.4, 0.5) is 18.9 Å². The lowest BCUT2D eigenvalue weighted by molar-refractivity contribution is -0.274. The Bertz CT molecular complexity index is 1150. The molecule has 158 valence electrons. The number of nitrogens with two attached hydrogens (primary N) is 1. The van der Waals surface area contributed by atoms with Gasteiger partial charge in [0.15, 0.2) is 5.65 Å². The summed E-state index contributed by atoms with van der Waals surface area (Å²) in [4.78, 5) is 35.5. The van der Waals surface area contributed by atoms with E-state index in [9.17, 15) is 22.8 Å². The number of nitrogens with one attached hydrogen (secondary N) is 2. The van der Waals surface area contributed by atoms with E-state index in [0.717, 1.165) is 17.7 Å². The second kappa shape index (κ2) is 7.39. The van der Waals surface area contributed by atoms with Crippen LogP contribution in [0.1, 0.15) is 34.7 Å². The number of carbonyl (C=O) groups excluding carboxylic acids is 1. The number of alkyl halides is 3. The predicted molar refractivity (Wildman–Crippen MR) is 102 cm³/mol. The topological polar surface area (TPSA) is 117 Å². The maximum Gasteiger partial charge on any atom is 0.573 e. The summed E-state index contributed by atoms with van der Waals surface area (Å²) in [5.74, 6) is -0.692. The number of carbonyl (C=O) groups is 1. The normalized spacial score (nSPS) is 15.5. The molecule has 0 atom stereocenters. The highest BCUT2D eigenvalue weighted by Gasteiger charge is 2.32. The molecule has 4 rings (SSSR count). The van der Waals surface area contributed by atoms with Crippen LogP contribution in [0, 0.1) is 0 Å².